The Morgan fingerprint density at radius 2 is 2.12 bits per heavy atom. The predicted molar refractivity (Wildman–Crippen MR) is 92.1 cm³/mol. The number of aromatic amines is 1. The molecule has 0 radical (unpaired) electrons. The number of nitrogens with two attached hydrogens (primary N) is 1. The van der Waals surface area contributed by atoms with Crippen molar-refractivity contribution in [2.75, 3.05) is 5.32 Å². The number of carbonyl (C=O) groups excluding carboxylic acids is 1. The van der Waals surface area contributed by atoms with Gasteiger partial charge in [-0.25, -0.2) is 4.68 Å². The number of anilines is 1. The lowest BCUT2D eigenvalue weighted by Crippen LogP contribution is -2.29. The number of benzene rings is 1. The second kappa shape index (κ2) is 5.93. The molecule has 1 amide bonds. The number of H-pyrrole nitrogens is 1. The van der Waals surface area contributed by atoms with Crippen LogP contribution in [0.25, 0.3) is 5.69 Å². The van der Waals surface area contributed by atoms with Crippen molar-refractivity contribution in [3.8, 4) is 5.69 Å². The summed E-state index contributed by atoms with van der Waals surface area (Å²) in [5.74, 6) is -0.281. The molecule has 4 N–H and O–H groups in total. The molecule has 3 aromatic rings. The Balaban J connectivity index is 1.78. The number of hydrogen-bond acceptors (Lipinski definition) is 4. The number of carbonyl (C=O) groups is 1. The Hall–Kier alpha value is -2.93. The topological polar surface area (TPSA) is 102 Å². The minimum Gasteiger partial charge on any atom is -0.321 e. The first-order valence-electron chi connectivity index (χ1n) is 7.61. The normalized spacial score (nSPS) is 11.5. The van der Waals surface area contributed by atoms with E-state index >= 15 is 0 Å². The van der Waals surface area contributed by atoms with Crippen LogP contribution in [-0.4, -0.2) is 25.9 Å². The van der Waals surface area contributed by atoms with E-state index < -0.39 is 5.54 Å². The summed E-state index contributed by atoms with van der Waals surface area (Å²) in [4.78, 5) is 12.4. The van der Waals surface area contributed by atoms with E-state index in [9.17, 15) is 4.79 Å². The summed E-state index contributed by atoms with van der Waals surface area (Å²) in [5.41, 5.74) is 9.03. The maximum Gasteiger partial charge on any atom is 0.276 e. The molecule has 7 heteroatoms. The van der Waals surface area contributed by atoms with Crippen LogP contribution in [0.4, 0.5) is 5.69 Å². The number of aromatic nitrogens is 4. The molecule has 0 bridgehead atoms. The summed E-state index contributed by atoms with van der Waals surface area (Å²) >= 11 is 0. The molecule has 0 atom stereocenters. The number of aryl methyl sites for hydroxylation is 1. The van der Waals surface area contributed by atoms with Crippen LogP contribution in [0.5, 0.6) is 0 Å². The lowest BCUT2D eigenvalue weighted by molar-refractivity contribution is 0.102. The molecule has 3 rings (SSSR count). The zero-order valence-corrected chi connectivity index (χ0v) is 13.9. The average molecular weight is 324 g/mol. The van der Waals surface area contributed by atoms with E-state index in [0.717, 1.165) is 16.9 Å². The number of nitrogens with zero attached hydrogens (tertiary/aromatic N) is 3. The fourth-order valence-electron chi connectivity index (χ4n) is 2.31. The largest absolute Gasteiger partial charge is 0.321 e. The van der Waals surface area contributed by atoms with E-state index in [1.54, 1.807) is 16.9 Å². The van der Waals surface area contributed by atoms with Gasteiger partial charge in [0.2, 0.25) is 0 Å². The first kappa shape index (κ1) is 15.9. The van der Waals surface area contributed by atoms with E-state index in [-0.39, 0.29) is 5.91 Å². The molecule has 0 saturated carbocycles. The average Bonchev–Trinajstić information content (AvgIpc) is 3.20. The molecule has 0 spiro atoms. The third-order valence-electron chi connectivity index (χ3n) is 3.73. The van der Waals surface area contributed by atoms with Gasteiger partial charge in [0.25, 0.3) is 5.91 Å². The predicted octanol–water partition coefficient (Wildman–Crippen LogP) is 2.35. The molecular weight excluding hydrogens is 304 g/mol. The highest BCUT2D eigenvalue weighted by atomic mass is 16.1. The van der Waals surface area contributed by atoms with Crippen LogP contribution in [0.3, 0.4) is 0 Å². The van der Waals surface area contributed by atoms with Gasteiger partial charge >= 0.3 is 0 Å². The summed E-state index contributed by atoms with van der Waals surface area (Å²) in [5, 5.41) is 13.9. The number of hydrogen-bond donors (Lipinski definition) is 3. The third-order valence-corrected chi connectivity index (χ3v) is 3.73. The van der Waals surface area contributed by atoms with Gasteiger partial charge in [-0.15, -0.1) is 0 Å². The third kappa shape index (κ3) is 3.21. The fraction of sp³-hybridized carbons (Fsp3) is 0.235. The molecule has 0 saturated heterocycles. The molecular formula is C17H20N6O. The quantitative estimate of drug-likeness (QED) is 0.685. The molecule has 1 aromatic carbocycles. The molecule has 0 fully saturated rings. The standard InChI is InChI=1S/C17H20N6O/c1-11-9-12(23-8-4-7-19-23)5-6-13(11)20-16(24)14-10-15(22-21-14)17(2,3)18/h4-10H,18H2,1-3H3,(H,20,24)(H,21,22). The first-order chi connectivity index (χ1) is 11.3. The van der Waals surface area contributed by atoms with Crippen LogP contribution < -0.4 is 11.1 Å². The summed E-state index contributed by atoms with van der Waals surface area (Å²) < 4.78 is 1.77. The van der Waals surface area contributed by atoms with Crippen LogP contribution in [-0.2, 0) is 5.54 Å². The second-order valence-corrected chi connectivity index (χ2v) is 6.29. The Morgan fingerprint density at radius 1 is 1.33 bits per heavy atom. The smallest absolute Gasteiger partial charge is 0.276 e. The molecule has 0 aliphatic heterocycles. The van der Waals surface area contributed by atoms with E-state index in [2.05, 4.69) is 20.6 Å². The van der Waals surface area contributed by atoms with Crippen molar-refractivity contribution in [2.45, 2.75) is 26.3 Å². The van der Waals surface area contributed by atoms with Crippen LogP contribution in [0.2, 0.25) is 0 Å². The molecule has 2 heterocycles. The monoisotopic (exact) mass is 324 g/mol. The van der Waals surface area contributed by atoms with Crippen molar-refractivity contribution in [2.24, 2.45) is 5.73 Å². The van der Waals surface area contributed by atoms with Crippen molar-refractivity contribution < 1.29 is 4.79 Å². The summed E-state index contributed by atoms with van der Waals surface area (Å²) in [7, 11) is 0. The van der Waals surface area contributed by atoms with Gasteiger partial charge in [-0.3, -0.25) is 9.89 Å². The summed E-state index contributed by atoms with van der Waals surface area (Å²) in [6.45, 7) is 5.63. The molecule has 2 aromatic heterocycles. The van der Waals surface area contributed by atoms with E-state index in [0.29, 0.717) is 11.4 Å². The Kier molecular flexibility index (Phi) is 3.94. The van der Waals surface area contributed by atoms with Gasteiger partial charge in [0.05, 0.1) is 16.9 Å². The molecule has 0 aliphatic rings. The van der Waals surface area contributed by atoms with Crippen molar-refractivity contribution in [1.82, 2.24) is 20.0 Å². The number of amides is 1. The van der Waals surface area contributed by atoms with E-state index in [4.69, 9.17) is 5.73 Å². The van der Waals surface area contributed by atoms with Crippen molar-refractivity contribution in [3.63, 3.8) is 0 Å². The van der Waals surface area contributed by atoms with Gasteiger partial charge in [0.1, 0.15) is 0 Å². The summed E-state index contributed by atoms with van der Waals surface area (Å²) in [6, 6.07) is 9.24. The zero-order chi connectivity index (χ0) is 17.3. The molecule has 0 unspecified atom stereocenters. The van der Waals surface area contributed by atoms with Crippen molar-refractivity contribution in [3.05, 3.63) is 59.7 Å². The molecule has 24 heavy (non-hydrogen) atoms. The lowest BCUT2D eigenvalue weighted by Gasteiger charge is -2.14. The fourth-order valence-corrected chi connectivity index (χ4v) is 2.31. The van der Waals surface area contributed by atoms with Crippen LogP contribution in [0, 0.1) is 6.92 Å². The molecule has 124 valence electrons. The highest BCUT2D eigenvalue weighted by Crippen LogP contribution is 2.20. The minimum absolute atomic E-state index is 0.281. The van der Waals surface area contributed by atoms with Crippen LogP contribution in [0.15, 0.2) is 42.7 Å². The van der Waals surface area contributed by atoms with Crippen LogP contribution >= 0.6 is 0 Å². The first-order valence-corrected chi connectivity index (χ1v) is 7.61. The van der Waals surface area contributed by atoms with Crippen molar-refractivity contribution >= 4 is 11.6 Å². The zero-order valence-electron chi connectivity index (χ0n) is 13.9. The van der Waals surface area contributed by atoms with Gasteiger partial charge in [0.15, 0.2) is 5.69 Å². The van der Waals surface area contributed by atoms with E-state index in [1.807, 2.05) is 51.2 Å². The second-order valence-electron chi connectivity index (χ2n) is 6.29. The Labute approximate surface area is 139 Å². The highest BCUT2D eigenvalue weighted by Gasteiger charge is 2.20. The van der Waals surface area contributed by atoms with Gasteiger partial charge in [-0.1, -0.05) is 0 Å². The number of nitrogens with one attached hydrogen (secondary N) is 2. The van der Waals surface area contributed by atoms with Gasteiger partial charge < -0.3 is 11.1 Å². The number of rotatable bonds is 4. The van der Waals surface area contributed by atoms with Gasteiger partial charge in [-0.2, -0.15) is 10.2 Å². The van der Waals surface area contributed by atoms with Crippen LogP contribution in [0.1, 0.15) is 35.6 Å². The SMILES string of the molecule is Cc1cc(-n2cccn2)ccc1NC(=O)c1cc(C(C)(C)N)[nH]n1. The summed E-state index contributed by atoms with van der Waals surface area (Å²) in [6.07, 6.45) is 3.59. The highest BCUT2D eigenvalue weighted by molar-refractivity contribution is 6.03. The molecule has 0 aliphatic carbocycles. The Bertz CT molecular complexity index is 858. The lowest BCUT2D eigenvalue weighted by atomic mass is 10.0. The maximum atomic E-state index is 12.4. The van der Waals surface area contributed by atoms with E-state index in [1.165, 1.54) is 0 Å². The minimum atomic E-state index is -0.577. The van der Waals surface area contributed by atoms with Gasteiger partial charge in [-0.05, 0) is 56.7 Å². The maximum absolute atomic E-state index is 12.4. The Morgan fingerprint density at radius 3 is 2.71 bits per heavy atom. The van der Waals surface area contributed by atoms with Gasteiger partial charge in [0, 0.05) is 18.1 Å². The van der Waals surface area contributed by atoms with Crippen molar-refractivity contribution in [1.29, 1.82) is 0 Å². The molecule has 7 nitrogen and oxygen atoms in total.